The summed E-state index contributed by atoms with van der Waals surface area (Å²) < 4.78 is 17.3. The van der Waals surface area contributed by atoms with Crippen LogP contribution >= 0.6 is 0 Å². The van der Waals surface area contributed by atoms with Crippen molar-refractivity contribution in [2.75, 3.05) is 50.7 Å². The van der Waals surface area contributed by atoms with Gasteiger partial charge >= 0.3 is 0 Å². The van der Waals surface area contributed by atoms with Crippen LogP contribution in [0.3, 0.4) is 0 Å². The highest BCUT2D eigenvalue weighted by Crippen LogP contribution is 2.36. The van der Waals surface area contributed by atoms with Crippen molar-refractivity contribution in [1.29, 1.82) is 0 Å². The highest BCUT2D eigenvalue weighted by atomic mass is 16.5. The quantitative estimate of drug-likeness (QED) is 0.112. The van der Waals surface area contributed by atoms with Gasteiger partial charge in [0.05, 0.1) is 32.5 Å². The molecule has 0 amide bonds. The Morgan fingerprint density at radius 2 is 1.67 bits per heavy atom. The monoisotopic (exact) mass is 661 g/mol. The van der Waals surface area contributed by atoms with E-state index in [0.29, 0.717) is 61.6 Å². The van der Waals surface area contributed by atoms with Gasteiger partial charge in [-0.25, -0.2) is 0 Å². The number of hydrogen-bond donors (Lipinski definition) is 3. The van der Waals surface area contributed by atoms with E-state index >= 15 is 0 Å². The predicted octanol–water partition coefficient (Wildman–Crippen LogP) is 5.98. The molecule has 9 heteroatoms. The van der Waals surface area contributed by atoms with E-state index in [0.717, 1.165) is 56.1 Å². The number of hydrogen-bond acceptors (Lipinski definition) is 9. The summed E-state index contributed by atoms with van der Waals surface area (Å²) in [5, 5.41) is 18.4. The lowest BCUT2D eigenvalue weighted by Gasteiger charge is -2.40. The second kappa shape index (κ2) is 17.8. The minimum atomic E-state index is -0.764. The number of nitrogens with zero attached hydrogens (tertiary/aromatic N) is 1. The van der Waals surface area contributed by atoms with E-state index < -0.39 is 17.0 Å². The molecule has 0 aromatic heterocycles. The van der Waals surface area contributed by atoms with Gasteiger partial charge in [0.25, 0.3) is 10.9 Å². The minimum Gasteiger partial charge on any atom is -0.497 e. The first-order valence-electron chi connectivity index (χ1n) is 18.0. The Balaban J connectivity index is 1.30. The number of aliphatic hydroxyl groups excluding tert-OH is 1. The Bertz CT molecular complexity index is 1460. The van der Waals surface area contributed by atoms with Crippen LogP contribution in [0.1, 0.15) is 88.4 Å². The van der Waals surface area contributed by atoms with Crippen molar-refractivity contribution in [2.45, 2.75) is 95.9 Å². The number of benzene rings is 2. The second-order valence-corrected chi connectivity index (χ2v) is 13.7. The van der Waals surface area contributed by atoms with Crippen molar-refractivity contribution in [3.63, 3.8) is 0 Å². The summed E-state index contributed by atoms with van der Waals surface area (Å²) >= 11 is 0. The Hall–Kier alpha value is -3.40. The summed E-state index contributed by atoms with van der Waals surface area (Å²) in [6, 6.07) is 15.7. The molecule has 4 atom stereocenters. The third-order valence-corrected chi connectivity index (χ3v) is 10.2. The molecule has 1 saturated carbocycles. The Kier molecular flexibility index (Phi) is 13.3. The van der Waals surface area contributed by atoms with Gasteiger partial charge in [-0.2, -0.15) is 0 Å². The van der Waals surface area contributed by atoms with Crippen LogP contribution in [-0.2, 0) is 11.3 Å². The van der Waals surface area contributed by atoms with Crippen LogP contribution in [0.2, 0.25) is 0 Å². The molecule has 2 fully saturated rings. The molecule has 1 aliphatic carbocycles. The van der Waals surface area contributed by atoms with Gasteiger partial charge < -0.3 is 34.9 Å². The first kappa shape index (κ1) is 35.9. The molecule has 0 bridgehead atoms. The normalized spacial score (nSPS) is 19.2. The first-order chi connectivity index (χ1) is 23.4. The van der Waals surface area contributed by atoms with Crippen LogP contribution in [0.5, 0.6) is 11.5 Å². The predicted molar refractivity (Wildman–Crippen MR) is 192 cm³/mol. The standard InChI is InChI=1S/C39H55N3O6/c1-4-5-19-48-39(29-15-10-7-11-16-29)30-17-12-18-42(26-30)36-35(37(44)38(36)45)41-33(22-27-13-8-6-9-14-27)34(43)25-40-24-28-20-31(46-2)23-32(21-28)47-3/h7,10-11,15-16,20-21,23,27,30,33-34,39-41,43H,4-6,8-9,12-14,17-19,22,24-26H2,1-3H3/t30-,33-,34-,39+/m1/s1. The van der Waals surface area contributed by atoms with E-state index in [-0.39, 0.29) is 18.1 Å². The lowest BCUT2D eigenvalue weighted by atomic mass is 9.83. The Labute approximate surface area is 285 Å². The van der Waals surface area contributed by atoms with Gasteiger partial charge in [-0.15, -0.1) is 0 Å². The van der Waals surface area contributed by atoms with Crippen LogP contribution < -0.4 is 35.9 Å². The molecule has 9 nitrogen and oxygen atoms in total. The molecule has 48 heavy (non-hydrogen) atoms. The van der Waals surface area contributed by atoms with Crippen molar-refractivity contribution in [3.8, 4) is 11.5 Å². The van der Waals surface area contributed by atoms with Gasteiger partial charge in [-0.05, 0) is 54.9 Å². The number of aliphatic hydroxyl groups is 1. The van der Waals surface area contributed by atoms with Crippen molar-refractivity contribution >= 4 is 11.4 Å². The van der Waals surface area contributed by atoms with Crippen molar-refractivity contribution in [1.82, 2.24) is 5.32 Å². The van der Waals surface area contributed by atoms with Gasteiger partial charge in [0, 0.05) is 44.8 Å². The van der Waals surface area contributed by atoms with Crippen molar-refractivity contribution in [3.05, 3.63) is 80.1 Å². The Morgan fingerprint density at radius 3 is 2.35 bits per heavy atom. The number of piperidine rings is 1. The van der Waals surface area contributed by atoms with Gasteiger partial charge in [-0.3, -0.25) is 9.59 Å². The molecule has 3 aromatic rings. The molecule has 1 saturated heterocycles. The number of rotatable bonds is 18. The molecular formula is C39H55N3O6. The first-order valence-corrected chi connectivity index (χ1v) is 18.0. The topological polar surface area (TPSA) is 109 Å². The minimum absolute atomic E-state index is 0.0695. The molecular weight excluding hydrogens is 606 g/mol. The van der Waals surface area contributed by atoms with Crippen molar-refractivity contribution < 1.29 is 19.3 Å². The van der Waals surface area contributed by atoms with Crippen molar-refractivity contribution in [2.24, 2.45) is 11.8 Å². The summed E-state index contributed by atoms with van der Waals surface area (Å²) in [5.41, 5.74) is 2.05. The highest BCUT2D eigenvalue weighted by Gasteiger charge is 2.35. The molecule has 0 radical (unpaired) electrons. The zero-order chi connectivity index (χ0) is 33.9. The maximum atomic E-state index is 13.2. The third kappa shape index (κ3) is 9.18. The molecule has 3 N–H and O–H groups in total. The average molecular weight is 662 g/mol. The van der Waals surface area contributed by atoms with E-state index in [1.54, 1.807) is 14.2 Å². The largest absolute Gasteiger partial charge is 0.497 e. The fraction of sp³-hybridized carbons (Fsp3) is 0.590. The summed E-state index contributed by atoms with van der Waals surface area (Å²) in [7, 11) is 3.25. The molecule has 3 aromatic carbocycles. The van der Waals surface area contributed by atoms with Crippen LogP contribution in [0.15, 0.2) is 58.1 Å². The van der Waals surface area contributed by atoms with E-state index in [1.807, 2.05) is 36.4 Å². The van der Waals surface area contributed by atoms with Gasteiger partial charge in [0.2, 0.25) is 0 Å². The maximum Gasteiger partial charge on any atom is 0.253 e. The number of unbranched alkanes of at least 4 members (excludes halogenated alkanes) is 1. The second-order valence-electron chi connectivity index (χ2n) is 13.7. The Morgan fingerprint density at radius 1 is 0.938 bits per heavy atom. The summed E-state index contributed by atoms with van der Waals surface area (Å²) in [6.07, 6.45) is 9.74. The smallest absolute Gasteiger partial charge is 0.253 e. The summed E-state index contributed by atoms with van der Waals surface area (Å²) in [4.78, 5) is 28.4. The third-order valence-electron chi connectivity index (χ3n) is 10.2. The lowest BCUT2D eigenvalue weighted by Crippen LogP contribution is -2.50. The molecule has 1 heterocycles. The van der Waals surface area contributed by atoms with Crippen LogP contribution in [-0.4, -0.2) is 57.7 Å². The molecule has 5 rings (SSSR count). The molecule has 0 unspecified atom stereocenters. The molecule has 0 spiro atoms. The van der Waals surface area contributed by atoms with Gasteiger partial charge in [-0.1, -0.05) is 75.8 Å². The number of anilines is 2. The van der Waals surface area contributed by atoms with E-state index in [2.05, 4.69) is 34.6 Å². The molecule has 2 aliphatic rings. The van der Waals surface area contributed by atoms with Gasteiger partial charge in [0.1, 0.15) is 22.9 Å². The van der Waals surface area contributed by atoms with Crippen LogP contribution in [0.25, 0.3) is 0 Å². The van der Waals surface area contributed by atoms with Crippen LogP contribution in [0.4, 0.5) is 11.4 Å². The number of ether oxygens (including phenoxy) is 3. The number of nitrogens with one attached hydrogen (secondary N) is 2. The SMILES string of the molecule is CCCCO[C@@H](c1ccccc1)[C@@H]1CCCN(c2c(N[C@H](CC3CCCCC3)[C@H](O)CNCc3cc(OC)cc(OC)c3)c(=O)c2=O)C1. The maximum absolute atomic E-state index is 13.2. The molecule has 1 aliphatic heterocycles. The number of methoxy groups -OCH3 is 2. The fourth-order valence-corrected chi connectivity index (χ4v) is 7.53. The fourth-order valence-electron chi connectivity index (χ4n) is 7.53. The average Bonchev–Trinajstić information content (AvgIpc) is 3.13. The summed E-state index contributed by atoms with van der Waals surface area (Å²) in [5.74, 6) is 2.07. The molecule has 262 valence electrons. The van der Waals surface area contributed by atoms with E-state index in [9.17, 15) is 14.7 Å². The van der Waals surface area contributed by atoms with E-state index in [4.69, 9.17) is 14.2 Å². The lowest BCUT2D eigenvalue weighted by molar-refractivity contribution is 0.00454. The van der Waals surface area contributed by atoms with Gasteiger partial charge in [0.15, 0.2) is 0 Å². The summed E-state index contributed by atoms with van der Waals surface area (Å²) in [6.45, 7) is 5.06. The zero-order valence-electron chi connectivity index (χ0n) is 29.0. The van der Waals surface area contributed by atoms with Crippen LogP contribution in [0, 0.1) is 11.8 Å². The highest BCUT2D eigenvalue weighted by molar-refractivity contribution is 5.75. The van der Waals surface area contributed by atoms with E-state index in [1.165, 1.54) is 19.3 Å². The zero-order valence-corrected chi connectivity index (χ0v) is 29.0.